The summed E-state index contributed by atoms with van der Waals surface area (Å²) in [5.41, 5.74) is 4.28. The van der Waals surface area contributed by atoms with Gasteiger partial charge in [0, 0.05) is 14.3 Å². The molecule has 124 valence electrons. The molecular weight excluding hydrogens is 764 g/mol. The van der Waals surface area contributed by atoms with Crippen molar-refractivity contribution in [3.05, 3.63) is 48.7 Å². The Bertz CT molecular complexity index is 849. The zero-order valence-electron chi connectivity index (χ0n) is 12.9. The molecule has 0 spiro atoms. The Labute approximate surface area is 192 Å². The van der Waals surface area contributed by atoms with E-state index >= 15 is 0 Å². The smallest absolute Gasteiger partial charge is 0.208 e. The monoisotopic (exact) mass is 778 g/mol. The molecular formula is C16H14I4O2S. The first kappa shape index (κ1) is 20.6. The fourth-order valence-corrected chi connectivity index (χ4v) is 8.37. The molecule has 0 bridgehead atoms. The Hall–Kier alpha value is 1.31. The number of halogens is 4. The Balaban J connectivity index is 2.85. The lowest BCUT2D eigenvalue weighted by Gasteiger charge is -2.16. The van der Waals surface area contributed by atoms with E-state index in [0.717, 1.165) is 36.5 Å². The van der Waals surface area contributed by atoms with Gasteiger partial charge in [0.1, 0.15) is 0 Å². The van der Waals surface area contributed by atoms with Gasteiger partial charge in [-0.25, -0.2) is 8.42 Å². The molecule has 0 unspecified atom stereocenters. The summed E-state index contributed by atoms with van der Waals surface area (Å²) in [5, 5.41) is 0. The average Bonchev–Trinajstić information content (AvgIpc) is 2.49. The van der Waals surface area contributed by atoms with Crippen LogP contribution in [0.5, 0.6) is 0 Å². The quantitative estimate of drug-likeness (QED) is 0.342. The van der Waals surface area contributed by atoms with Crippen molar-refractivity contribution in [2.24, 2.45) is 0 Å². The predicted molar refractivity (Wildman–Crippen MR) is 128 cm³/mol. The first-order valence-electron chi connectivity index (χ1n) is 6.65. The molecule has 0 atom stereocenters. The topological polar surface area (TPSA) is 34.1 Å². The molecule has 0 aliphatic rings. The highest BCUT2D eigenvalue weighted by Crippen LogP contribution is 2.36. The molecule has 7 heteroatoms. The van der Waals surface area contributed by atoms with Crippen LogP contribution < -0.4 is 0 Å². The van der Waals surface area contributed by atoms with Crippen molar-refractivity contribution in [1.29, 1.82) is 0 Å². The Kier molecular flexibility index (Phi) is 6.73. The summed E-state index contributed by atoms with van der Waals surface area (Å²) >= 11 is 8.75. The highest BCUT2D eigenvalue weighted by molar-refractivity contribution is 14.1. The number of rotatable bonds is 2. The number of hydrogen-bond acceptors (Lipinski definition) is 2. The van der Waals surface area contributed by atoms with Gasteiger partial charge < -0.3 is 0 Å². The fourth-order valence-electron chi connectivity index (χ4n) is 2.14. The van der Waals surface area contributed by atoms with Gasteiger partial charge in [-0.3, -0.25) is 0 Å². The van der Waals surface area contributed by atoms with Crippen LogP contribution in [0.15, 0.2) is 21.9 Å². The SMILES string of the molecule is Cc1cc(S(=O)(=O)c2cc(C)c(C)c(I)c2I)c(I)c(I)c1C. The van der Waals surface area contributed by atoms with E-state index in [1.165, 1.54) is 0 Å². The Morgan fingerprint density at radius 1 is 0.652 bits per heavy atom. The molecule has 2 aromatic carbocycles. The van der Waals surface area contributed by atoms with E-state index in [9.17, 15) is 8.42 Å². The largest absolute Gasteiger partial charge is 0.218 e. The average molecular weight is 778 g/mol. The molecule has 0 fully saturated rings. The zero-order chi connectivity index (χ0) is 17.7. The predicted octanol–water partition coefficient (Wildman–Crippen LogP) is 6.17. The summed E-state index contributed by atoms with van der Waals surface area (Å²) in [6, 6.07) is 3.60. The molecule has 0 radical (unpaired) electrons. The second kappa shape index (κ2) is 7.51. The van der Waals surface area contributed by atoms with Crippen LogP contribution in [0.2, 0.25) is 0 Å². The van der Waals surface area contributed by atoms with E-state index in [1.807, 2.05) is 27.7 Å². The lowest BCUT2D eigenvalue weighted by molar-refractivity contribution is 0.594. The Morgan fingerprint density at radius 3 is 1.26 bits per heavy atom. The first-order valence-corrected chi connectivity index (χ1v) is 12.5. The van der Waals surface area contributed by atoms with E-state index < -0.39 is 9.84 Å². The summed E-state index contributed by atoms with van der Waals surface area (Å²) in [4.78, 5) is 0.810. The number of benzene rings is 2. The maximum Gasteiger partial charge on any atom is 0.208 e. The van der Waals surface area contributed by atoms with Crippen LogP contribution in [0, 0.1) is 42.0 Å². The zero-order valence-corrected chi connectivity index (χ0v) is 22.3. The van der Waals surface area contributed by atoms with Crippen LogP contribution in [-0.4, -0.2) is 8.42 Å². The van der Waals surface area contributed by atoms with Crippen LogP contribution in [0.3, 0.4) is 0 Å². The molecule has 0 aliphatic heterocycles. The van der Waals surface area contributed by atoms with Gasteiger partial charge in [-0.15, -0.1) is 0 Å². The second-order valence-electron chi connectivity index (χ2n) is 5.39. The molecule has 0 amide bonds. The highest BCUT2D eigenvalue weighted by Gasteiger charge is 2.27. The van der Waals surface area contributed by atoms with Gasteiger partial charge in [0.25, 0.3) is 0 Å². The molecule has 0 aromatic heterocycles. The van der Waals surface area contributed by atoms with Crippen molar-refractivity contribution in [2.75, 3.05) is 0 Å². The van der Waals surface area contributed by atoms with Gasteiger partial charge >= 0.3 is 0 Å². The van der Waals surface area contributed by atoms with Crippen molar-refractivity contribution in [3.8, 4) is 0 Å². The normalized spacial score (nSPS) is 11.8. The first-order chi connectivity index (χ1) is 10.5. The fraction of sp³-hybridized carbons (Fsp3) is 0.250. The van der Waals surface area contributed by atoms with Crippen LogP contribution in [0.1, 0.15) is 22.3 Å². The van der Waals surface area contributed by atoms with E-state index in [4.69, 9.17) is 0 Å². The van der Waals surface area contributed by atoms with Crippen molar-refractivity contribution in [2.45, 2.75) is 37.5 Å². The van der Waals surface area contributed by atoms with E-state index in [1.54, 1.807) is 12.1 Å². The molecule has 0 aliphatic carbocycles. The van der Waals surface area contributed by atoms with Crippen LogP contribution in [-0.2, 0) is 9.84 Å². The summed E-state index contributed by atoms with van der Waals surface area (Å²) in [6.45, 7) is 7.97. The third kappa shape index (κ3) is 3.72. The molecule has 0 saturated heterocycles. The Morgan fingerprint density at radius 2 is 0.957 bits per heavy atom. The van der Waals surface area contributed by atoms with E-state index in [-0.39, 0.29) is 0 Å². The van der Waals surface area contributed by atoms with Gasteiger partial charge in [-0.2, -0.15) is 0 Å². The minimum atomic E-state index is -3.55. The molecule has 23 heavy (non-hydrogen) atoms. The van der Waals surface area contributed by atoms with Crippen LogP contribution >= 0.6 is 90.4 Å². The minimum absolute atomic E-state index is 0.405. The summed E-state index contributed by atoms with van der Waals surface area (Å²) in [5.74, 6) is 0. The third-order valence-electron chi connectivity index (χ3n) is 3.93. The van der Waals surface area contributed by atoms with Crippen molar-refractivity contribution >= 4 is 100 Å². The van der Waals surface area contributed by atoms with Gasteiger partial charge in [-0.05, 0) is 152 Å². The maximum atomic E-state index is 13.3. The van der Waals surface area contributed by atoms with E-state index in [2.05, 4.69) is 90.4 Å². The number of sulfone groups is 1. The minimum Gasteiger partial charge on any atom is -0.218 e. The van der Waals surface area contributed by atoms with Crippen molar-refractivity contribution < 1.29 is 8.42 Å². The van der Waals surface area contributed by atoms with Gasteiger partial charge in [0.05, 0.1) is 9.79 Å². The lowest BCUT2D eigenvalue weighted by atomic mass is 10.1. The summed E-state index contributed by atoms with van der Waals surface area (Å²) < 4.78 is 30.2. The van der Waals surface area contributed by atoms with Crippen LogP contribution in [0.25, 0.3) is 0 Å². The van der Waals surface area contributed by atoms with Crippen molar-refractivity contribution in [1.82, 2.24) is 0 Å². The molecule has 2 aromatic rings. The van der Waals surface area contributed by atoms with Gasteiger partial charge in [0.2, 0.25) is 9.84 Å². The number of aryl methyl sites for hydroxylation is 2. The molecule has 0 saturated carbocycles. The van der Waals surface area contributed by atoms with Crippen LogP contribution in [0.4, 0.5) is 0 Å². The lowest BCUT2D eigenvalue weighted by Crippen LogP contribution is -2.11. The highest BCUT2D eigenvalue weighted by atomic mass is 127. The molecule has 2 rings (SSSR count). The van der Waals surface area contributed by atoms with Gasteiger partial charge in [0.15, 0.2) is 0 Å². The van der Waals surface area contributed by atoms with Crippen molar-refractivity contribution in [3.63, 3.8) is 0 Å². The molecule has 0 heterocycles. The third-order valence-corrected chi connectivity index (χ3v) is 13.5. The molecule has 0 N–H and O–H groups in total. The van der Waals surface area contributed by atoms with Gasteiger partial charge in [-0.1, -0.05) is 0 Å². The maximum absolute atomic E-state index is 13.3. The van der Waals surface area contributed by atoms with E-state index in [0.29, 0.717) is 9.79 Å². The number of hydrogen-bond donors (Lipinski definition) is 0. The molecule has 2 nitrogen and oxygen atoms in total. The second-order valence-corrected chi connectivity index (χ2v) is 11.6. The summed E-state index contributed by atoms with van der Waals surface area (Å²) in [6.07, 6.45) is 0. The summed E-state index contributed by atoms with van der Waals surface area (Å²) in [7, 11) is -3.55. The standard InChI is InChI=1S/C16H14I4O2S/c1-7-5-11(15(19)13(17)9(7)3)23(21,22)12-6-8(2)10(4)14(18)16(12)20/h5-6H,1-4H3.